The van der Waals surface area contributed by atoms with Gasteiger partial charge in [-0.1, -0.05) is 19.9 Å². The van der Waals surface area contributed by atoms with Crippen LogP contribution in [0.4, 0.5) is 19.0 Å². The monoisotopic (exact) mass is 966 g/mol. The van der Waals surface area contributed by atoms with E-state index in [0.717, 1.165) is 30.7 Å². The topological polar surface area (TPSA) is 218 Å². The van der Waals surface area contributed by atoms with Gasteiger partial charge in [0.2, 0.25) is 29.5 Å². The summed E-state index contributed by atoms with van der Waals surface area (Å²) >= 11 is 0. The van der Waals surface area contributed by atoms with Crippen molar-refractivity contribution in [2.45, 2.75) is 108 Å². The molecule has 3 aromatic rings. The van der Waals surface area contributed by atoms with Crippen LogP contribution in [0.5, 0.6) is 0 Å². The summed E-state index contributed by atoms with van der Waals surface area (Å²) in [6, 6.07) is 5.25. The van der Waals surface area contributed by atoms with Crippen molar-refractivity contribution in [1.29, 1.82) is 0 Å². The molecule has 18 nitrogen and oxygen atoms in total. The lowest BCUT2D eigenvalue weighted by atomic mass is 9.78. The molecule has 4 heterocycles. The van der Waals surface area contributed by atoms with Crippen molar-refractivity contribution in [3.8, 4) is 0 Å². The van der Waals surface area contributed by atoms with Crippen molar-refractivity contribution < 1.29 is 51.4 Å². The number of aromatic nitrogens is 3. The van der Waals surface area contributed by atoms with E-state index in [9.17, 15) is 37.1 Å². The molecule has 1 aromatic carbocycles. The van der Waals surface area contributed by atoms with E-state index in [1.807, 2.05) is 6.07 Å². The third-order valence-electron chi connectivity index (χ3n) is 13.5. The van der Waals surface area contributed by atoms with Crippen LogP contribution in [0.2, 0.25) is 0 Å². The summed E-state index contributed by atoms with van der Waals surface area (Å²) in [4.78, 5) is 81.4. The number of fused-ring (bicyclic) bond motifs is 1. The highest BCUT2D eigenvalue weighted by Crippen LogP contribution is 2.37. The van der Waals surface area contributed by atoms with E-state index in [1.54, 1.807) is 35.3 Å². The Morgan fingerprint density at radius 2 is 1.64 bits per heavy atom. The van der Waals surface area contributed by atoms with Crippen molar-refractivity contribution in [2.75, 3.05) is 71.6 Å². The van der Waals surface area contributed by atoms with Crippen LogP contribution in [0.1, 0.15) is 82.4 Å². The highest BCUT2D eigenvalue weighted by Gasteiger charge is 2.45. The molecule has 4 fully saturated rings. The highest BCUT2D eigenvalue weighted by molar-refractivity contribution is 5.93. The molecule has 0 spiro atoms. The second-order valence-corrected chi connectivity index (χ2v) is 18.8. The predicted octanol–water partition coefficient (Wildman–Crippen LogP) is 3.38. The molecule has 0 radical (unpaired) electrons. The summed E-state index contributed by atoms with van der Waals surface area (Å²) in [6.45, 7) is 7.54. The Balaban J connectivity index is 0.767. The third kappa shape index (κ3) is 13.6. The van der Waals surface area contributed by atoms with Crippen LogP contribution in [0.25, 0.3) is 10.9 Å². The van der Waals surface area contributed by atoms with E-state index in [2.05, 4.69) is 55.4 Å². The van der Waals surface area contributed by atoms with Crippen LogP contribution in [-0.2, 0) is 44.4 Å². The summed E-state index contributed by atoms with van der Waals surface area (Å²) in [5, 5.41) is 16.0. The van der Waals surface area contributed by atoms with Gasteiger partial charge in [0.15, 0.2) is 0 Å². The number of nitrogens with one attached hydrogen (secondary N) is 5. The van der Waals surface area contributed by atoms with Gasteiger partial charge in [0.05, 0.1) is 74.8 Å². The van der Waals surface area contributed by atoms with Gasteiger partial charge in [0.1, 0.15) is 18.2 Å². The Kier molecular flexibility index (Phi) is 17.8. The Labute approximate surface area is 399 Å². The molecule has 69 heavy (non-hydrogen) atoms. The first-order valence-electron chi connectivity index (χ1n) is 24.0. The molecule has 7 rings (SSSR count). The van der Waals surface area contributed by atoms with Crippen molar-refractivity contribution in [3.63, 3.8) is 0 Å². The van der Waals surface area contributed by atoms with Crippen molar-refractivity contribution in [1.82, 2.24) is 46.0 Å². The van der Waals surface area contributed by atoms with Gasteiger partial charge in [0, 0.05) is 68.8 Å². The molecule has 376 valence electrons. The summed E-state index contributed by atoms with van der Waals surface area (Å²) in [6.07, 6.45) is 3.85. The van der Waals surface area contributed by atoms with Crippen molar-refractivity contribution in [3.05, 3.63) is 60.2 Å². The van der Waals surface area contributed by atoms with E-state index in [1.165, 1.54) is 12.4 Å². The SMILES string of the molecule is CC(C)CN[C@@H]1CC[C@H](N2CC[C@H](Nc3ncnc4ccc(C(F)(F)F)cc34)C2=O)[C@H](NC(=O)C2CC(NC(=O)CCOCCOCCOCCNC(=O)[C@H]3CC(=O)N(C)[C@@H]3c3cccnc3)C2)C1. The van der Waals surface area contributed by atoms with Crippen LogP contribution < -0.4 is 26.6 Å². The number of nitrogens with zero attached hydrogens (tertiary/aromatic N) is 5. The maximum absolute atomic E-state index is 14.0. The summed E-state index contributed by atoms with van der Waals surface area (Å²) in [5.41, 5.74) is 0.309. The van der Waals surface area contributed by atoms with Gasteiger partial charge < -0.3 is 50.6 Å². The number of hydrogen-bond donors (Lipinski definition) is 5. The fourth-order valence-corrected chi connectivity index (χ4v) is 9.69. The molecule has 4 aliphatic rings. The first-order valence-corrected chi connectivity index (χ1v) is 24.0. The van der Waals surface area contributed by atoms with Crippen LogP contribution in [0.3, 0.4) is 0 Å². The number of halogens is 3. The van der Waals surface area contributed by atoms with Gasteiger partial charge in [-0.25, -0.2) is 9.97 Å². The van der Waals surface area contributed by atoms with E-state index in [4.69, 9.17) is 14.2 Å². The second-order valence-electron chi connectivity index (χ2n) is 18.8. The molecule has 2 saturated carbocycles. The molecule has 6 atom stereocenters. The maximum Gasteiger partial charge on any atom is 0.416 e. The highest BCUT2D eigenvalue weighted by atomic mass is 19.4. The third-order valence-corrected chi connectivity index (χ3v) is 13.5. The lowest BCUT2D eigenvalue weighted by molar-refractivity contribution is -0.137. The smallest absolute Gasteiger partial charge is 0.379 e. The summed E-state index contributed by atoms with van der Waals surface area (Å²) < 4.78 is 57.4. The van der Waals surface area contributed by atoms with Gasteiger partial charge in [0.25, 0.3) is 0 Å². The first kappa shape index (κ1) is 51.3. The number of ether oxygens (including phenoxy) is 3. The molecule has 5 N–H and O–H groups in total. The zero-order chi connectivity index (χ0) is 49.1. The van der Waals surface area contributed by atoms with Crippen LogP contribution in [-0.4, -0.2) is 151 Å². The number of anilines is 1. The maximum atomic E-state index is 14.0. The number of pyridine rings is 1. The van der Waals surface area contributed by atoms with Gasteiger partial charge in [-0.2, -0.15) is 13.2 Å². The molecular formula is C48H65F3N10O8. The van der Waals surface area contributed by atoms with Crippen molar-refractivity contribution in [2.24, 2.45) is 17.8 Å². The number of carbonyl (C=O) groups excluding carboxylic acids is 5. The molecule has 0 bridgehead atoms. The molecule has 0 unspecified atom stereocenters. The second kappa shape index (κ2) is 23.9. The van der Waals surface area contributed by atoms with Gasteiger partial charge in [-0.3, -0.25) is 29.0 Å². The standard InChI is InChI=1S/C48H65F3N10O8/c1-29(2)26-54-33-7-9-40(61-14-10-38(47(61)66)58-44-35-23-32(48(49,50)51)6-8-37(35)55-28-56-44)39(24-33)59-45(64)31-21-34(22-31)57-41(62)11-15-67-17-19-69-20-18-68-16-13-53-46(65)36-25-42(63)60(3)43(36)30-5-4-12-52-27-30/h4-6,8,12,23,27-29,31,33-34,36,38-40,43,54H,7,9-11,13-22,24-26H2,1-3H3,(H,53,65)(H,57,62)(H,59,64)(H,55,56,58)/t31?,33-,34?,36+,38+,39-,40+,43-/m1/s1. The zero-order valence-corrected chi connectivity index (χ0v) is 39.5. The van der Waals surface area contributed by atoms with E-state index >= 15 is 0 Å². The number of carbonyl (C=O) groups is 5. The quantitative estimate of drug-likeness (QED) is 0.0863. The fourth-order valence-electron chi connectivity index (χ4n) is 9.69. The first-order chi connectivity index (χ1) is 33.2. The predicted molar refractivity (Wildman–Crippen MR) is 247 cm³/mol. The molecule has 5 amide bonds. The lowest BCUT2D eigenvalue weighted by Gasteiger charge is -2.43. The summed E-state index contributed by atoms with van der Waals surface area (Å²) in [7, 11) is 1.70. The number of benzene rings is 1. The average molecular weight is 967 g/mol. The van der Waals surface area contributed by atoms with Crippen LogP contribution in [0, 0.1) is 17.8 Å². The number of likely N-dealkylation sites (tertiary alicyclic amines) is 2. The number of rotatable bonds is 23. The molecule has 21 heteroatoms. The van der Waals surface area contributed by atoms with E-state index < -0.39 is 23.7 Å². The number of amides is 5. The number of hydrogen-bond acceptors (Lipinski definition) is 13. The minimum Gasteiger partial charge on any atom is -0.379 e. The van der Waals surface area contributed by atoms with Gasteiger partial charge >= 0.3 is 6.18 Å². The fraction of sp³-hybridized carbons (Fsp3) is 0.625. The van der Waals surface area contributed by atoms with E-state index in [0.29, 0.717) is 83.1 Å². The molecule has 2 aromatic heterocycles. The van der Waals surface area contributed by atoms with Crippen LogP contribution in [0.15, 0.2) is 49.1 Å². The van der Waals surface area contributed by atoms with Crippen molar-refractivity contribution >= 4 is 46.3 Å². The molecular weight excluding hydrogens is 902 g/mol. The normalized spacial score (nSPS) is 25.0. The Hall–Kier alpha value is -5.51. The number of alkyl halides is 3. The molecule has 2 aliphatic heterocycles. The summed E-state index contributed by atoms with van der Waals surface area (Å²) in [5.74, 6) is -0.982. The minimum absolute atomic E-state index is 0.0891. The molecule has 2 saturated heterocycles. The Morgan fingerprint density at radius 3 is 2.36 bits per heavy atom. The Morgan fingerprint density at radius 1 is 0.884 bits per heavy atom. The lowest BCUT2D eigenvalue weighted by Crippen LogP contribution is -2.60. The van der Waals surface area contributed by atoms with E-state index in [-0.39, 0.29) is 103 Å². The zero-order valence-electron chi connectivity index (χ0n) is 39.5. The van der Waals surface area contributed by atoms with Gasteiger partial charge in [-0.15, -0.1) is 0 Å². The average Bonchev–Trinajstić information content (AvgIpc) is 3.82. The minimum atomic E-state index is -4.55. The molecule has 2 aliphatic carbocycles. The Bertz CT molecular complexity index is 2240. The van der Waals surface area contributed by atoms with Crippen LogP contribution >= 0.6 is 0 Å². The largest absolute Gasteiger partial charge is 0.416 e. The van der Waals surface area contributed by atoms with Gasteiger partial charge in [-0.05, 0) is 80.8 Å².